The van der Waals surface area contributed by atoms with Crippen LogP contribution in [0.3, 0.4) is 0 Å². The third-order valence-corrected chi connectivity index (χ3v) is 5.72. The number of nitrogens with zero attached hydrogens (tertiary/aromatic N) is 5. The van der Waals surface area contributed by atoms with Crippen LogP contribution < -0.4 is 10.1 Å². The first-order valence-electron chi connectivity index (χ1n) is 10.3. The maximum Gasteiger partial charge on any atom is 0.157 e. The standard InChI is InChI=1S/C25H22N6O/c1-16-13-22(31-21-10-5-4-9-20(21)28-24(31)19(16)15-26)29-23(25-27-11-12-30(25)2)17-7-6-8-18(14-17)32-3/h4-14,23,29H,1-3H3/t23-/m1/s1. The van der Waals surface area contributed by atoms with Crippen molar-refractivity contribution >= 4 is 22.5 Å². The average molecular weight is 422 g/mol. The lowest BCUT2D eigenvalue weighted by molar-refractivity contribution is 0.414. The second-order valence-electron chi connectivity index (χ2n) is 7.71. The van der Waals surface area contributed by atoms with Crippen molar-refractivity contribution in [2.45, 2.75) is 13.0 Å². The van der Waals surface area contributed by atoms with E-state index < -0.39 is 0 Å². The lowest BCUT2D eigenvalue weighted by Gasteiger charge is -2.22. The summed E-state index contributed by atoms with van der Waals surface area (Å²) in [6, 6.07) is 19.9. The minimum atomic E-state index is -0.248. The molecule has 0 fully saturated rings. The molecular weight excluding hydrogens is 400 g/mol. The summed E-state index contributed by atoms with van der Waals surface area (Å²) in [6.07, 6.45) is 3.72. The predicted molar refractivity (Wildman–Crippen MR) is 124 cm³/mol. The van der Waals surface area contributed by atoms with E-state index in [9.17, 15) is 5.26 Å². The fourth-order valence-corrected chi connectivity index (χ4v) is 4.12. The van der Waals surface area contributed by atoms with Crippen molar-refractivity contribution in [1.29, 1.82) is 5.26 Å². The van der Waals surface area contributed by atoms with E-state index in [1.54, 1.807) is 13.3 Å². The number of aryl methyl sites for hydroxylation is 2. The summed E-state index contributed by atoms with van der Waals surface area (Å²) in [5.74, 6) is 2.47. The first-order valence-corrected chi connectivity index (χ1v) is 10.3. The van der Waals surface area contributed by atoms with Crippen LogP contribution in [-0.2, 0) is 7.05 Å². The number of nitrogens with one attached hydrogen (secondary N) is 1. The topological polar surface area (TPSA) is 80.2 Å². The highest BCUT2D eigenvalue weighted by atomic mass is 16.5. The summed E-state index contributed by atoms with van der Waals surface area (Å²) in [4.78, 5) is 9.37. The van der Waals surface area contributed by atoms with Crippen molar-refractivity contribution in [1.82, 2.24) is 18.9 Å². The number of ether oxygens (including phenoxy) is 1. The van der Waals surface area contributed by atoms with E-state index in [0.717, 1.165) is 39.6 Å². The zero-order valence-corrected chi connectivity index (χ0v) is 18.1. The lowest BCUT2D eigenvalue weighted by atomic mass is 10.1. The Hall–Kier alpha value is -4.31. The van der Waals surface area contributed by atoms with Gasteiger partial charge in [-0.05, 0) is 48.4 Å². The number of anilines is 1. The van der Waals surface area contributed by atoms with Crippen LogP contribution >= 0.6 is 0 Å². The molecule has 7 nitrogen and oxygen atoms in total. The van der Waals surface area contributed by atoms with Crippen molar-refractivity contribution in [3.05, 3.63) is 89.5 Å². The zero-order chi connectivity index (χ0) is 22.2. The average Bonchev–Trinajstić information content (AvgIpc) is 3.41. The first kappa shape index (κ1) is 19.6. The van der Waals surface area contributed by atoms with Gasteiger partial charge >= 0.3 is 0 Å². The molecule has 3 aromatic heterocycles. The van der Waals surface area contributed by atoms with Crippen molar-refractivity contribution in [2.75, 3.05) is 12.4 Å². The van der Waals surface area contributed by atoms with E-state index in [4.69, 9.17) is 9.72 Å². The van der Waals surface area contributed by atoms with Gasteiger partial charge in [0.25, 0.3) is 0 Å². The number of para-hydroxylation sites is 2. The summed E-state index contributed by atoms with van der Waals surface area (Å²) in [6.45, 7) is 1.93. The minimum absolute atomic E-state index is 0.248. The number of nitriles is 1. The molecule has 0 radical (unpaired) electrons. The quantitative estimate of drug-likeness (QED) is 0.447. The number of imidazole rings is 2. The van der Waals surface area contributed by atoms with Crippen LogP contribution in [-0.4, -0.2) is 26.0 Å². The number of rotatable bonds is 5. The van der Waals surface area contributed by atoms with Crippen LogP contribution in [0.2, 0.25) is 0 Å². The minimum Gasteiger partial charge on any atom is -0.497 e. The van der Waals surface area contributed by atoms with E-state index in [0.29, 0.717) is 11.2 Å². The Morgan fingerprint density at radius 1 is 1.12 bits per heavy atom. The van der Waals surface area contributed by atoms with Crippen LogP contribution in [0.15, 0.2) is 67.0 Å². The molecule has 1 atom stereocenters. The van der Waals surface area contributed by atoms with Crippen LogP contribution in [0.5, 0.6) is 5.75 Å². The number of hydrogen-bond donors (Lipinski definition) is 1. The summed E-state index contributed by atoms with van der Waals surface area (Å²) >= 11 is 0. The number of fused-ring (bicyclic) bond motifs is 3. The van der Waals surface area contributed by atoms with Crippen molar-refractivity contribution in [3.8, 4) is 11.8 Å². The molecule has 158 valence electrons. The van der Waals surface area contributed by atoms with E-state index in [2.05, 4.69) is 22.4 Å². The second-order valence-corrected chi connectivity index (χ2v) is 7.71. The maximum atomic E-state index is 9.79. The van der Waals surface area contributed by atoms with Crippen molar-refractivity contribution in [2.24, 2.45) is 7.05 Å². The SMILES string of the molecule is COc1cccc([C@@H](Nc2cc(C)c(C#N)c3nc4ccccc4n23)c2nccn2C)c1. The Labute approximate surface area is 185 Å². The van der Waals surface area contributed by atoms with Gasteiger partial charge in [0.1, 0.15) is 29.5 Å². The molecule has 0 aliphatic heterocycles. The normalized spacial score (nSPS) is 12.1. The number of benzene rings is 2. The predicted octanol–water partition coefficient (Wildman–Crippen LogP) is 4.61. The van der Waals surface area contributed by atoms with Gasteiger partial charge in [-0.2, -0.15) is 5.26 Å². The first-order chi connectivity index (χ1) is 15.6. The molecule has 0 bridgehead atoms. The van der Waals surface area contributed by atoms with Crippen LogP contribution in [0, 0.1) is 18.3 Å². The summed E-state index contributed by atoms with van der Waals surface area (Å²) in [7, 11) is 3.64. The van der Waals surface area contributed by atoms with Gasteiger partial charge < -0.3 is 14.6 Å². The van der Waals surface area contributed by atoms with Gasteiger partial charge in [0, 0.05) is 19.4 Å². The Morgan fingerprint density at radius 3 is 2.72 bits per heavy atom. The van der Waals surface area contributed by atoms with Crippen molar-refractivity contribution in [3.63, 3.8) is 0 Å². The fourth-order valence-electron chi connectivity index (χ4n) is 4.12. The van der Waals surface area contributed by atoms with Crippen molar-refractivity contribution < 1.29 is 4.74 Å². The monoisotopic (exact) mass is 422 g/mol. The van der Waals surface area contributed by atoms with Crippen LogP contribution in [0.25, 0.3) is 16.7 Å². The molecule has 2 aromatic carbocycles. The summed E-state index contributed by atoms with van der Waals surface area (Å²) in [5, 5.41) is 13.5. The molecule has 0 amide bonds. The van der Waals surface area contributed by atoms with Gasteiger partial charge in [0.05, 0.1) is 23.7 Å². The molecular formula is C25H22N6O. The summed E-state index contributed by atoms with van der Waals surface area (Å²) in [5.41, 5.74) is 4.86. The molecule has 3 heterocycles. The van der Waals surface area contributed by atoms with Gasteiger partial charge in [-0.3, -0.25) is 4.40 Å². The second kappa shape index (κ2) is 7.75. The highest BCUT2D eigenvalue weighted by Gasteiger charge is 2.22. The van der Waals surface area contributed by atoms with E-state index in [1.807, 2.05) is 77.7 Å². The Balaban J connectivity index is 1.75. The molecule has 0 spiro atoms. The molecule has 0 aliphatic carbocycles. The number of hydrogen-bond acceptors (Lipinski definition) is 5. The molecule has 0 saturated carbocycles. The van der Waals surface area contributed by atoms with Gasteiger partial charge in [-0.25, -0.2) is 9.97 Å². The van der Waals surface area contributed by atoms with Gasteiger partial charge in [0.15, 0.2) is 5.65 Å². The largest absolute Gasteiger partial charge is 0.497 e. The molecule has 0 saturated heterocycles. The number of aromatic nitrogens is 4. The lowest BCUT2D eigenvalue weighted by Crippen LogP contribution is -2.18. The summed E-state index contributed by atoms with van der Waals surface area (Å²) < 4.78 is 9.47. The van der Waals surface area contributed by atoms with Gasteiger partial charge in [-0.1, -0.05) is 24.3 Å². The third-order valence-electron chi connectivity index (χ3n) is 5.72. The number of pyridine rings is 1. The van der Waals surface area contributed by atoms with E-state index in [1.165, 1.54) is 0 Å². The van der Waals surface area contributed by atoms with E-state index >= 15 is 0 Å². The number of methoxy groups -OCH3 is 1. The zero-order valence-electron chi connectivity index (χ0n) is 18.1. The Bertz CT molecular complexity index is 1490. The maximum absolute atomic E-state index is 9.79. The molecule has 5 rings (SSSR count). The van der Waals surface area contributed by atoms with Crippen LogP contribution in [0.4, 0.5) is 5.82 Å². The van der Waals surface area contributed by atoms with E-state index in [-0.39, 0.29) is 6.04 Å². The highest BCUT2D eigenvalue weighted by molar-refractivity contribution is 5.85. The molecule has 32 heavy (non-hydrogen) atoms. The molecule has 7 heteroatoms. The smallest absolute Gasteiger partial charge is 0.157 e. The Kier molecular flexibility index (Phi) is 4.75. The Morgan fingerprint density at radius 2 is 1.97 bits per heavy atom. The van der Waals surface area contributed by atoms with Crippen LogP contribution in [0.1, 0.15) is 28.6 Å². The van der Waals surface area contributed by atoms with Gasteiger partial charge in [-0.15, -0.1) is 0 Å². The highest BCUT2D eigenvalue weighted by Crippen LogP contribution is 2.32. The molecule has 0 aliphatic rings. The molecule has 1 N–H and O–H groups in total. The molecule has 5 aromatic rings. The molecule has 0 unspecified atom stereocenters. The van der Waals surface area contributed by atoms with Gasteiger partial charge in [0.2, 0.25) is 0 Å². The third kappa shape index (κ3) is 3.13. The fraction of sp³-hybridized carbons (Fsp3) is 0.160.